The summed E-state index contributed by atoms with van der Waals surface area (Å²) in [6, 6.07) is 8.18. The van der Waals surface area contributed by atoms with Crippen molar-refractivity contribution >= 4 is 10.9 Å². The Hall–Kier alpha value is -2.37. The summed E-state index contributed by atoms with van der Waals surface area (Å²) in [6.45, 7) is 4.65. The van der Waals surface area contributed by atoms with Crippen molar-refractivity contribution in [2.75, 3.05) is 0 Å². The minimum atomic E-state index is 0.317. The Labute approximate surface area is 116 Å². The van der Waals surface area contributed by atoms with Gasteiger partial charge in [0.15, 0.2) is 6.61 Å². The second kappa shape index (κ2) is 4.96. The Kier molecular flexibility index (Phi) is 3.14. The molecule has 0 unspecified atom stereocenters. The molecule has 6 nitrogen and oxygen atoms in total. The van der Waals surface area contributed by atoms with Crippen LogP contribution in [-0.4, -0.2) is 25.2 Å². The zero-order chi connectivity index (χ0) is 14.1. The van der Waals surface area contributed by atoms with Crippen LogP contribution in [0.1, 0.15) is 31.3 Å². The van der Waals surface area contributed by atoms with Crippen molar-refractivity contribution in [3.63, 3.8) is 0 Å². The third kappa shape index (κ3) is 2.49. The second-order valence-corrected chi connectivity index (χ2v) is 5.11. The standard InChI is InChI=1S/C14H17N5O/c1-9(2)12-6-10-4-5-11(7-13(10)15-12)20-8-14-16-18-19(3)17-14/h4-7,9,15H,8H2,1-3H3. The quantitative estimate of drug-likeness (QED) is 0.791. The summed E-state index contributed by atoms with van der Waals surface area (Å²) in [7, 11) is 1.73. The fraction of sp³-hybridized carbons (Fsp3) is 0.357. The van der Waals surface area contributed by atoms with Gasteiger partial charge in [-0.05, 0) is 34.7 Å². The van der Waals surface area contributed by atoms with Crippen molar-refractivity contribution in [2.45, 2.75) is 26.4 Å². The Balaban J connectivity index is 1.78. The van der Waals surface area contributed by atoms with Crippen LogP contribution in [-0.2, 0) is 13.7 Å². The van der Waals surface area contributed by atoms with Gasteiger partial charge in [0.05, 0.1) is 7.05 Å². The maximum absolute atomic E-state index is 5.68. The maximum atomic E-state index is 5.68. The Morgan fingerprint density at radius 2 is 2.15 bits per heavy atom. The van der Waals surface area contributed by atoms with Crippen LogP contribution in [0, 0.1) is 0 Å². The van der Waals surface area contributed by atoms with E-state index in [-0.39, 0.29) is 0 Å². The first-order valence-electron chi connectivity index (χ1n) is 6.60. The van der Waals surface area contributed by atoms with Crippen LogP contribution in [0.4, 0.5) is 0 Å². The summed E-state index contributed by atoms with van der Waals surface area (Å²) in [5.41, 5.74) is 2.31. The lowest BCUT2D eigenvalue weighted by Crippen LogP contribution is -1.99. The van der Waals surface area contributed by atoms with Crippen LogP contribution < -0.4 is 4.74 Å². The number of aryl methyl sites for hydroxylation is 1. The van der Waals surface area contributed by atoms with Crippen LogP contribution in [0.15, 0.2) is 24.3 Å². The molecule has 0 saturated heterocycles. The van der Waals surface area contributed by atoms with E-state index in [0.29, 0.717) is 18.3 Å². The first-order valence-corrected chi connectivity index (χ1v) is 6.60. The molecule has 1 N–H and O–H groups in total. The molecule has 0 bridgehead atoms. The molecule has 0 spiro atoms. The number of nitrogens with one attached hydrogen (secondary N) is 1. The predicted molar refractivity (Wildman–Crippen MR) is 75.5 cm³/mol. The highest BCUT2D eigenvalue weighted by Gasteiger charge is 2.06. The summed E-state index contributed by atoms with van der Waals surface area (Å²) < 4.78 is 5.68. The fourth-order valence-electron chi connectivity index (χ4n) is 2.06. The molecule has 104 valence electrons. The Morgan fingerprint density at radius 3 is 2.85 bits per heavy atom. The van der Waals surface area contributed by atoms with Gasteiger partial charge in [-0.2, -0.15) is 4.80 Å². The molecule has 3 rings (SSSR count). The van der Waals surface area contributed by atoms with E-state index in [4.69, 9.17) is 4.74 Å². The lowest BCUT2D eigenvalue weighted by Gasteiger charge is -2.03. The molecular formula is C14H17N5O. The van der Waals surface area contributed by atoms with E-state index in [1.807, 2.05) is 12.1 Å². The van der Waals surface area contributed by atoms with E-state index in [1.165, 1.54) is 15.9 Å². The third-order valence-corrected chi connectivity index (χ3v) is 3.15. The first kappa shape index (κ1) is 12.7. The van der Waals surface area contributed by atoms with E-state index < -0.39 is 0 Å². The van der Waals surface area contributed by atoms with Crippen LogP contribution in [0.3, 0.4) is 0 Å². The SMILES string of the molecule is CC(C)c1cc2ccc(OCc3nnn(C)n3)cc2[nH]1. The number of hydrogen-bond acceptors (Lipinski definition) is 4. The normalized spacial score (nSPS) is 11.4. The highest BCUT2D eigenvalue weighted by molar-refractivity contribution is 5.82. The summed E-state index contributed by atoms with van der Waals surface area (Å²) in [5.74, 6) is 1.85. The van der Waals surface area contributed by atoms with Gasteiger partial charge in [0, 0.05) is 17.3 Å². The van der Waals surface area contributed by atoms with Gasteiger partial charge in [0.1, 0.15) is 5.75 Å². The number of benzene rings is 1. The number of rotatable bonds is 4. The molecule has 0 atom stereocenters. The van der Waals surface area contributed by atoms with E-state index in [0.717, 1.165) is 11.3 Å². The average molecular weight is 271 g/mol. The molecule has 0 aliphatic heterocycles. The van der Waals surface area contributed by atoms with Crippen LogP contribution in [0.25, 0.3) is 10.9 Å². The zero-order valence-electron chi connectivity index (χ0n) is 11.8. The smallest absolute Gasteiger partial charge is 0.212 e. The van der Waals surface area contributed by atoms with Crippen molar-refractivity contribution in [1.82, 2.24) is 25.2 Å². The summed E-state index contributed by atoms with van der Waals surface area (Å²) >= 11 is 0. The van der Waals surface area contributed by atoms with Gasteiger partial charge in [0.2, 0.25) is 5.82 Å². The highest BCUT2D eigenvalue weighted by Crippen LogP contribution is 2.24. The van der Waals surface area contributed by atoms with Gasteiger partial charge in [0.25, 0.3) is 0 Å². The van der Waals surface area contributed by atoms with Crippen LogP contribution >= 0.6 is 0 Å². The molecule has 1 aromatic carbocycles. The van der Waals surface area contributed by atoms with Crippen molar-refractivity contribution in [2.24, 2.45) is 7.05 Å². The van der Waals surface area contributed by atoms with Crippen LogP contribution in [0.5, 0.6) is 5.75 Å². The topological polar surface area (TPSA) is 68.6 Å². The lowest BCUT2D eigenvalue weighted by atomic mass is 10.1. The van der Waals surface area contributed by atoms with E-state index in [2.05, 4.69) is 46.4 Å². The van der Waals surface area contributed by atoms with Crippen LogP contribution in [0.2, 0.25) is 0 Å². The minimum absolute atomic E-state index is 0.317. The zero-order valence-corrected chi connectivity index (χ0v) is 11.8. The van der Waals surface area contributed by atoms with Crippen molar-refractivity contribution in [3.05, 3.63) is 35.8 Å². The molecule has 3 aromatic rings. The first-order chi connectivity index (χ1) is 9.61. The molecule has 0 radical (unpaired) electrons. The lowest BCUT2D eigenvalue weighted by molar-refractivity contribution is 0.295. The van der Waals surface area contributed by atoms with Crippen molar-refractivity contribution < 1.29 is 4.74 Å². The van der Waals surface area contributed by atoms with Gasteiger partial charge < -0.3 is 9.72 Å². The fourth-order valence-corrected chi connectivity index (χ4v) is 2.06. The third-order valence-electron chi connectivity index (χ3n) is 3.15. The average Bonchev–Trinajstić information content (AvgIpc) is 3.01. The number of aromatic amines is 1. The molecule has 0 aliphatic rings. The van der Waals surface area contributed by atoms with E-state index in [9.17, 15) is 0 Å². The number of hydrogen-bond donors (Lipinski definition) is 1. The molecule has 0 fully saturated rings. The molecule has 2 heterocycles. The van der Waals surface area contributed by atoms with Gasteiger partial charge in [-0.25, -0.2) is 0 Å². The Morgan fingerprint density at radius 1 is 1.30 bits per heavy atom. The molecule has 2 aromatic heterocycles. The number of H-pyrrole nitrogens is 1. The maximum Gasteiger partial charge on any atom is 0.212 e. The molecule has 0 aliphatic carbocycles. The molecule has 0 saturated carbocycles. The summed E-state index contributed by atoms with van der Waals surface area (Å²) in [4.78, 5) is 4.83. The molecule has 0 amide bonds. The van der Waals surface area contributed by atoms with Crippen molar-refractivity contribution in [1.29, 1.82) is 0 Å². The number of fused-ring (bicyclic) bond motifs is 1. The number of tetrazole rings is 1. The minimum Gasteiger partial charge on any atom is -0.485 e. The molecule has 20 heavy (non-hydrogen) atoms. The number of nitrogens with zero attached hydrogens (tertiary/aromatic N) is 4. The summed E-state index contributed by atoms with van der Waals surface area (Å²) in [6.07, 6.45) is 0. The second-order valence-electron chi connectivity index (χ2n) is 5.11. The van der Waals surface area contributed by atoms with E-state index >= 15 is 0 Å². The number of aromatic nitrogens is 5. The van der Waals surface area contributed by atoms with Gasteiger partial charge in [-0.1, -0.05) is 13.8 Å². The predicted octanol–water partition coefficient (Wildman–Crippen LogP) is 2.39. The molecule has 6 heteroatoms. The Bertz CT molecular complexity index is 728. The number of ether oxygens (including phenoxy) is 1. The van der Waals surface area contributed by atoms with Gasteiger partial charge in [-0.15, -0.1) is 10.2 Å². The van der Waals surface area contributed by atoms with Crippen molar-refractivity contribution in [3.8, 4) is 5.75 Å². The van der Waals surface area contributed by atoms with Gasteiger partial charge >= 0.3 is 0 Å². The highest BCUT2D eigenvalue weighted by atomic mass is 16.5. The van der Waals surface area contributed by atoms with E-state index in [1.54, 1.807) is 7.05 Å². The van der Waals surface area contributed by atoms with Gasteiger partial charge in [-0.3, -0.25) is 0 Å². The molecular weight excluding hydrogens is 254 g/mol. The largest absolute Gasteiger partial charge is 0.485 e. The summed E-state index contributed by atoms with van der Waals surface area (Å²) in [5, 5.41) is 12.9. The monoisotopic (exact) mass is 271 g/mol.